The summed E-state index contributed by atoms with van der Waals surface area (Å²) < 4.78 is 0. The van der Waals surface area contributed by atoms with Gasteiger partial charge in [-0.05, 0) is 30.9 Å². The van der Waals surface area contributed by atoms with Gasteiger partial charge in [0.2, 0.25) is 11.8 Å². The van der Waals surface area contributed by atoms with Crippen molar-refractivity contribution < 1.29 is 9.59 Å². The van der Waals surface area contributed by atoms with E-state index in [1.165, 1.54) is 0 Å². The van der Waals surface area contributed by atoms with Crippen LogP contribution in [0.1, 0.15) is 26.3 Å². The Labute approximate surface area is 119 Å². The van der Waals surface area contributed by atoms with Gasteiger partial charge in [-0.15, -0.1) is 0 Å². The molecule has 1 aliphatic rings. The minimum Gasteiger partial charge on any atom is -0.343 e. The predicted molar refractivity (Wildman–Crippen MR) is 75.9 cm³/mol. The molecule has 0 spiro atoms. The Morgan fingerprint density at radius 1 is 1.40 bits per heavy atom. The molecule has 5 nitrogen and oxygen atoms in total. The molecule has 5 heteroatoms. The number of piperazine rings is 1. The van der Waals surface area contributed by atoms with Crippen molar-refractivity contribution >= 4 is 11.8 Å². The molecule has 2 rings (SSSR count). The number of rotatable bonds is 4. The lowest BCUT2D eigenvalue weighted by Crippen LogP contribution is -2.64. The number of pyridine rings is 1. The third-order valence-corrected chi connectivity index (χ3v) is 3.61. The Kier molecular flexibility index (Phi) is 4.37. The Balaban J connectivity index is 2.12. The van der Waals surface area contributed by atoms with Gasteiger partial charge in [0.25, 0.3) is 0 Å². The van der Waals surface area contributed by atoms with E-state index in [-0.39, 0.29) is 23.8 Å². The van der Waals surface area contributed by atoms with Crippen LogP contribution in [-0.4, -0.2) is 40.3 Å². The van der Waals surface area contributed by atoms with E-state index >= 15 is 0 Å². The summed E-state index contributed by atoms with van der Waals surface area (Å²) in [5, 5.41) is 2.75. The Morgan fingerprint density at radius 2 is 2.15 bits per heavy atom. The molecule has 1 aromatic heterocycles. The van der Waals surface area contributed by atoms with Crippen molar-refractivity contribution in [1.29, 1.82) is 0 Å². The first-order chi connectivity index (χ1) is 9.50. The van der Waals surface area contributed by atoms with Crippen LogP contribution in [0.3, 0.4) is 0 Å². The maximum absolute atomic E-state index is 12.3. The SMILES string of the molecule is CC1NC(=O)C(C(C)C)N(CCc2cccnc2)C1=O. The van der Waals surface area contributed by atoms with Gasteiger partial charge >= 0.3 is 0 Å². The first-order valence-corrected chi connectivity index (χ1v) is 7.00. The highest BCUT2D eigenvalue weighted by Gasteiger charge is 2.39. The highest BCUT2D eigenvalue weighted by atomic mass is 16.2. The summed E-state index contributed by atoms with van der Waals surface area (Å²) in [7, 11) is 0. The molecule has 1 N–H and O–H groups in total. The van der Waals surface area contributed by atoms with Gasteiger partial charge in [0, 0.05) is 18.9 Å². The zero-order valence-corrected chi connectivity index (χ0v) is 12.2. The molecule has 0 bridgehead atoms. The van der Waals surface area contributed by atoms with Crippen LogP contribution in [0.15, 0.2) is 24.5 Å². The summed E-state index contributed by atoms with van der Waals surface area (Å²) in [6.45, 7) is 6.20. The molecular weight excluding hydrogens is 254 g/mol. The highest BCUT2D eigenvalue weighted by Crippen LogP contribution is 2.18. The summed E-state index contributed by atoms with van der Waals surface area (Å²) >= 11 is 0. The quantitative estimate of drug-likeness (QED) is 0.891. The van der Waals surface area contributed by atoms with Gasteiger partial charge in [0.1, 0.15) is 12.1 Å². The number of carbonyl (C=O) groups excluding carboxylic acids is 2. The zero-order chi connectivity index (χ0) is 14.7. The maximum atomic E-state index is 12.3. The van der Waals surface area contributed by atoms with Crippen molar-refractivity contribution in [3.63, 3.8) is 0 Å². The van der Waals surface area contributed by atoms with E-state index < -0.39 is 6.04 Å². The lowest BCUT2D eigenvalue weighted by molar-refractivity contribution is -0.150. The number of hydrogen-bond donors (Lipinski definition) is 1. The van der Waals surface area contributed by atoms with Crippen molar-refractivity contribution in [3.05, 3.63) is 30.1 Å². The topological polar surface area (TPSA) is 62.3 Å². The predicted octanol–water partition coefficient (Wildman–Crippen LogP) is 0.996. The molecule has 2 heterocycles. The molecule has 0 radical (unpaired) electrons. The van der Waals surface area contributed by atoms with E-state index in [0.717, 1.165) is 5.56 Å². The summed E-state index contributed by atoms with van der Waals surface area (Å²) in [6.07, 6.45) is 4.23. The average molecular weight is 275 g/mol. The van der Waals surface area contributed by atoms with Gasteiger partial charge in [0.15, 0.2) is 0 Å². The van der Waals surface area contributed by atoms with E-state index in [9.17, 15) is 9.59 Å². The van der Waals surface area contributed by atoms with Crippen LogP contribution in [0.4, 0.5) is 0 Å². The molecule has 0 saturated carbocycles. The van der Waals surface area contributed by atoms with E-state index in [0.29, 0.717) is 13.0 Å². The van der Waals surface area contributed by atoms with E-state index in [1.807, 2.05) is 26.0 Å². The first-order valence-electron chi connectivity index (χ1n) is 7.00. The fourth-order valence-corrected chi connectivity index (χ4v) is 2.60. The molecule has 1 fully saturated rings. The van der Waals surface area contributed by atoms with Crippen molar-refractivity contribution in [2.45, 2.75) is 39.3 Å². The molecule has 108 valence electrons. The second-order valence-corrected chi connectivity index (χ2v) is 5.56. The Hall–Kier alpha value is -1.91. The smallest absolute Gasteiger partial charge is 0.245 e. The van der Waals surface area contributed by atoms with Crippen molar-refractivity contribution in [2.75, 3.05) is 6.54 Å². The second-order valence-electron chi connectivity index (χ2n) is 5.56. The van der Waals surface area contributed by atoms with Gasteiger partial charge in [0.05, 0.1) is 0 Å². The van der Waals surface area contributed by atoms with Crippen LogP contribution in [-0.2, 0) is 16.0 Å². The molecular formula is C15H21N3O2. The molecule has 1 saturated heterocycles. The van der Waals surface area contributed by atoms with Crippen LogP contribution in [0.5, 0.6) is 0 Å². The number of carbonyl (C=O) groups is 2. The molecule has 0 aromatic carbocycles. The number of hydrogen-bond acceptors (Lipinski definition) is 3. The normalized spacial score (nSPS) is 23.1. The lowest BCUT2D eigenvalue weighted by Gasteiger charge is -2.40. The van der Waals surface area contributed by atoms with Crippen molar-refractivity contribution in [2.24, 2.45) is 5.92 Å². The molecule has 1 aromatic rings. The number of amides is 2. The second kappa shape index (κ2) is 6.03. The molecule has 0 aliphatic carbocycles. The highest BCUT2D eigenvalue weighted by molar-refractivity contribution is 5.96. The van der Waals surface area contributed by atoms with Crippen LogP contribution >= 0.6 is 0 Å². The summed E-state index contributed by atoms with van der Waals surface area (Å²) in [5.41, 5.74) is 1.07. The molecule has 20 heavy (non-hydrogen) atoms. The average Bonchev–Trinajstić information content (AvgIpc) is 2.41. The van der Waals surface area contributed by atoms with Gasteiger partial charge in [-0.2, -0.15) is 0 Å². The summed E-state index contributed by atoms with van der Waals surface area (Å²) in [5.74, 6) is 0.0332. The third-order valence-electron chi connectivity index (χ3n) is 3.61. The van der Waals surface area contributed by atoms with Crippen LogP contribution < -0.4 is 5.32 Å². The molecule has 2 amide bonds. The van der Waals surface area contributed by atoms with Crippen LogP contribution in [0, 0.1) is 5.92 Å². The number of nitrogens with zero attached hydrogens (tertiary/aromatic N) is 2. The minimum atomic E-state index is -0.439. The summed E-state index contributed by atoms with van der Waals surface area (Å²) in [6, 6.07) is 3.04. The number of nitrogens with one attached hydrogen (secondary N) is 1. The maximum Gasteiger partial charge on any atom is 0.245 e. The Morgan fingerprint density at radius 3 is 2.75 bits per heavy atom. The van der Waals surface area contributed by atoms with Crippen molar-refractivity contribution in [3.8, 4) is 0 Å². The molecule has 2 atom stereocenters. The van der Waals surface area contributed by atoms with Crippen molar-refractivity contribution in [1.82, 2.24) is 15.2 Å². The van der Waals surface area contributed by atoms with Gasteiger partial charge in [-0.1, -0.05) is 19.9 Å². The lowest BCUT2D eigenvalue weighted by atomic mass is 9.97. The van der Waals surface area contributed by atoms with Gasteiger partial charge < -0.3 is 10.2 Å². The minimum absolute atomic E-state index is 0.00723. The van der Waals surface area contributed by atoms with Crippen LogP contribution in [0.25, 0.3) is 0 Å². The van der Waals surface area contributed by atoms with E-state index in [4.69, 9.17) is 0 Å². The van der Waals surface area contributed by atoms with E-state index in [1.54, 1.807) is 24.2 Å². The largest absolute Gasteiger partial charge is 0.343 e. The standard InChI is InChI=1S/C15H21N3O2/c1-10(2)13-14(19)17-11(3)15(20)18(13)8-6-12-5-4-7-16-9-12/h4-5,7,9-11,13H,6,8H2,1-3H3,(H,17,19). The van der Waals surface area contributed by atoms with Gasteiger partial charge in [-0.25, -0.2) is 0 Å². The zero-order valence-electron chi connectivity index (χ0n) is 12.2. The Bertz CT molecular complexity index is 487. The molecule has 2 unspecified atom stereocenters. The monoisotopic (exact) mass is 275 g/mol. The van der Waals surface area contributed by atoms with Gasteiger partial charge in [-0.3, -0.25) is 14.6 Å². The fourth-order valence-electron chi connectivity index (χ4n) is 2.60. The fraction of sp³-hybridized carbons (Fsp3) is 0.533. The number of aromatic nitrogens is 1. The van der Waals surface area contributed by atoms with E-state index in [2.05, 4.69) is 10.3 Å². The summed E-state index contributed by atoms with van der Waals surface area (Å²) in [4.78, 5) is 30.2. The first kappa shape index (κ1) is 14.5. The molecule has 1 aliphatic heterocycles. The van der Waals surface area contributed by atoms with Crippen LogP contribution in [0.2, 0.25) is 0 Å². The third kappa shape index (κ3) is 2.98.